The first-order valence-corrected chi connectivity index (χ1v) is 10.6. The Morgan fingerprint density at radius 1 is 1.32 bits per heavy atom. The van der Waals surface area contributed by atoms with Crippen LogP contribution in [0.3, 0.4) is 0 Å². The molecule has 1 aliphatic rings. The third kappa shape index (κ3) is 5.68. The Balaban J connectivity index is 1.85. The molecular weight excluding hydrogens is 320 g/mol. The monoisotopic (exact) mass is 344 g/mol. The molecule has 0 atom stereocenters. The van der Waals surface area contributed by atoms with Crippen molar-refractivity contribution in [3.63, 3.8) is 0 Å². The number of rotatable bonds is 6. The molecule has 1 heterocycles. The van der Waals surface area contributed by atoms with Gasteiger partial charge in [-0.25, -0.2) is 13.4 Å². The van der Waals surface area contributed by atoms with Crippen molar-refractivity contribution in [2.75, 3.05) is 12.8 Å². The largest absolute Gasteiger partial charge is 0.356 e. The molecule has 0 radical (unpaired) electrons. The molecular formula is C15H24N2O3S2. The number of sulfone groups is 1. The van der Waals surface area contributed by atoms with Gasteiger partial charge in [0.2, 0.25) is 5.91 Å². The Hall–Kier alpha value is -0.950. The van der Waals surface area contributed by atoms with Crippen LogP contribution in [0.2, 0.25) is 0 Å². The van der Waals surface area contributed by atoms with Crippen LogP contribution in [-0.2, 0) is 26.8 Å². The molecule has 1 N–H and O–H groups in total. The number of carbonyl (C=O) groups is 1. The van der Waals surface area contributed by atoms with Crippen LogP contribution < -0.4 is 5.32 Å². The molecule has 5 nitrogen and oxygen atoms in total. The van der Waals surface area contributed by atoms with Gasteiger partial charge in [-0.1, -0.05) is 19.3 Å². The van der Waals surface area contributed by atoms with E-state index in [-0.39, 0.29) is 11.7 Å². The lowest BCUT2D eigenvalue weighted by Crippen LogP contribution is -2.31. The number of hydrogen-bond acceptors (Lipinski definition) is 5. The molecule has 1 aromatic heterocycles. The summed E-state index contributed by atoms with van der Waals surface area (Å²) in [5.41, 5.74) is 0.761. The van der Waals surface area contributed by atoms with E-state index < -0.39 is 9.84 Å². The van der Waals surface area contributed by atoms with Gasteiger partial charge in [0.25, 0.3) is 0 Å². The quantitative estimate of drug-likeness (QED) is 0.858. The number of aromatic nitrogens is 1. The fourth-order valence-electron chi connectivity index (χ4n) is 2.80. The van der Waals surface area contributed by atoms with E-state index >= 15 is 0 Å². The molecule has 0 bridgehead atoms. The van der Waals surface area contributed by atoms with Gasteiger partial charge in [0.15, 0.2) is 9.84 Å². The normalized spacial score (nSPS) is 16.6. The zero-order chi connectivity index (χ0) is 16.2. The van der Waals surface area contributed by atoms with E-state index in [1.54, 1.807) is 0 Å². The molecule has 1 aromatic rings. The number of hydrogen-bond donors (Lipinski definition) is 1. The van der Waals surface area contributed by atoms with Crippen molar-refractivity contribution in [1.82, 2.24) is 10.3 Å². The Bertz CT molecular complexity index is 617. The van der Waals surface area contributed by atoms with Crippen molar-refractivity contribution in [2.24, 2.45) is 5.92 Å². The summed E-state index contributed by atoms with van der Waals surface area (Å²) in [6.45, 7) is 2.58. The predicted molar refractivity (Wildman–Crippen MR) is 88.7 cm³/mol. The molecule has 2 rings (SSSR count). The lowest BCUT2D eigenvalue weighted by molar-refractivity contribution is -0.120. The van der Waals surface area contributed by atoms with Crippen LogP contribution in [0, 0.1) is 12.8 Å². The number of carbonyl (C=O) groups excluding carboxylic acids is 1. The van der Waals surface area contributed by atoms with Gasteiger partial charge in [-0.2, -0.15) is 0 Å². The van der Waals surface area contributed by atoms with Crippen LogP contribution in [0.25, 0.3) is 0 Å². The molecule has 0 saturated heterocycles. The Labute approximate surface area is 136 Å². The highest BCUT2D eigenvalue weighted by Gasteiger charge is 2.17. The van der Waals surface area contributed by atoms with Gasteiger partial charge >= 0.3 is 0 Å². The van der Waals surface area contributed by atoms with Gasteiger partial charge in [0.1, 0.15) is 10.8 Å². The molecule has 0 unspecified atom stereocenters. The second kappa shape index (κ2) is 7.55. The molecule has 0 aliphatic heterocycles. The average Bonchev–Trinajstić information content (AvgIpc) is 2.75. The molecule has 0 spiro atoms. The second-order valence-electron chi connectivity index (χ2n) is 6.17. The van der Waals surface area contributed by atoms with E-state index in [2.05, 4.69) is 10.3 Å². The maximum absolute atomic E-state index is 12.1. The Morgan fingerprint density at radius 2 is 2.00 bits per heavy atom. The summed E-state index contributed by atoms with van der Waals surface area (Å²) in [6.07, 6.45) is 7.75. The fourth-order valence-corrected chi connectivity index (χ4v) is 5.05. The standard InChI is InChI=1S/C15H24N2O3S2/c1-11-13(21-15(17-11)10-22(2,19)20)8-14(18)16-9-12-6-4-3-5-7-12/h12H,3-10H2,1-2H3,(H,16,18). The highest BCUT2D eigenvalue weighted by molar-refractivity contribution is 7.90. The fraction of sp³-hybridized carbons (Fsp3) is 0.733. The van der Waals surface area contributed by atoms with Crippen LogP contribution in [0.15, 0.2) is 0 Å². The summed E-state index contributed by atoms with van der Waals surface area (Å²) in [4.78, 5) is 17.2. The summed E-state index contributed by atoms with van der Waals surface area (Å²) in [6, 6.07) is 0. The molecule has 1 saturated carbocycles. The maximum atomic E-state index is 12.1. The SMILES string of the molecule is Cc1nc(CS(C)(=O)=O)sc1CC(=O)NCC1CCCCC1. The summed E-state index contributed by atoms with van der Waals surface area (Å²) < 4.78 is 22.6. The van der Waals surface area contributed by atoms with Crippen molar-refractivity contribution >= 4 is 27.1 Å². The first-order chi connectivity index (χ1) is 10.3. The summed E-state index contributed by atoms with van der Waals surface area (Å²) >= 11 is 1.33. The highest BCUT2D eigenvalue weighted by Crippen LogP contribution is 2.23. The van der Waals surface area contributed by atoms with Crippen LogP contribution in [0.4, 0.5) is 0 Å². The van der Waals surface area contributed by atoms with E-state index in [1.165, 1.54) is 49.7 Å². The first kappa shape index (κ1) is 17.4. The third-order valence-corrected chi connectivity index (χ3v) is 6.09. The van der Waals surface area contributed by atoms with Gasteiger partial charge in [0, 0.05) is 17.7 Å². The molecule has 124 valence electrons. The Kier molecular flexibility index (Phi) is 5.97. The van der Waals surface area contributed by atoms with Crippen molar-refractivity contribution in [1.29, 1.82) is 0 Å². The van der Waals surface area contributed by atoms with E-state index in [1.807, 2.05) is 6.92 Å². The summed E-state index contributed by atoms with van der Waals surface area (Å²) in [7, 11) is -3.09. The van der Waals surface area contributed by atoms with Crippen LogP contribution >= 0.6 is 11.3 Å². The van der Waals surface area contributed by atoms with Gasteiger partial charge in [0.05, 0.1) is 12.1 Å². The van der Waals surface area contributed by atoms with E-state index in [9.17, 15) is 13.2 Å². The molecule has 1 amide bonds. The first-order valence-electron chi connectivity index (χ1n) is 7.73. The summed E-state index contributed by atoms with van der Waals surface area (Å²) in [5.74, 6) is 0.562. The van der Waals surface area contributed by atoms with Crippen LogP contribution in [0.5, 0.6) is 0 Å². The molecule has 7 heteroatoms. The van der Waals surface area contributed by atoms with Crippen LogP contribution in [0.1, 0.15) is 47.7 Å². The maximum Gasteiger partial charge on any atom is 0.225 e. The van der Waals surface area contributed by atoms with Crippen molar-refractivity contribution in [3.8, 4) is 0 Å². The topological polar surface area (TPSA) is 76.1 Å². The number of nitrogens with zero attached hydrogens (tertiary/aromatic N) is 1. The van der Waals surface area contributed by atoms with E-state index in [4.69, 9.17) is 0 Å². The zero-order valence-electron chi connectivity index (χ0n) is 13.2. The molecule has 1 aliphatic carbocycles. The number of aryl methyl sites for hydroxylation is 1. The number of nitrogens with one attached hydrogen (secondary N) is 1. The predicted octanol–water partition coefficient (Wildman–Crippen LogP) is 2.24. The van der Waals surface area contributed by atoms with Crippen molar-refractivity contribution in [2.45, 2.75) is 51.2 Å². The summed E-state index contributed by atoms with van der Waals surface area (Å²) in [5, 5.41) is 3.57. The van der Waals surface area contributed by atoms with Gasteiger partial charge < -0.3 is 5.32 Å². The highest BCUT2D eigenvalue weighted by atomic mass is 32.2. The average molecular weight is 345 g/mol. The minimum atomic E-state index is -3.09. The number of amides is 1. The van der Waals surface area contributed by atoms with Crippen molar-refractivity contribution in [3.05, 3.63) is 15.6 Å². The molecule has 22 heavy (non-hydrogen) atoms. The Morgan fingerprint density at radius 3 is 2.64 bits per heavy atom. The lowest BCUT2D eigenvalue weighted by atomic mass is 9.89. The van der Waals surface area contributed by atoms with Gasteiger partial charge in [-0.15, -0.1) is 11.3 Å². The van der Waals surface area contributed by atoms with Gasteiger partial charge in [-0.05, 0) is 25.7 Å². The minimum Gasteiger partial charge on any atom is -0.356 e. The number of thiazole rings is 1. The smallest absolute Gasteiger partial charge is 0.225 e. The van der Waals surface area contributed by atoms with Crippen molar-refractivity contribution < 1.29 is 13.2 Å². The van der Waals surface area contributed by atoms with E-state index in [0.29, 0.717) is 17.3 Å². The van der Waals surface area contributed by atoms with Gasteiger partial charge in [-0.3, -0.25) is 4.79 Å². The molecule has 0 aromatic carbocycles. The molecule has 1 fully saturated rings. The van der Waals surface area contributed by atoms with E-state index in [0.717, 1.165) is 17.1 Å². The second-order valence-corrected chi connectivity index (χ2v) is 9.48. The zero-order valence-corrected chi connectivity index (χ0v) is 14.9. The lowest BCUT2D eigenvalue weighted by Gasteiger charge is -2.21. The van der Waals surface area contributed by atoms with Crippen LogP contribution in [-0.4, -0.2) is 32.1 Å². The minimum absolute atomic E-state index is 0.00299. The third-order valence-electron chi connectivity index (χ3n) is 3.96.